The van der Waals surface area contributed by atoms with Crippen LogP contribution in [0, 0.1) is 19.7 Å². The number of ketones is 1. The number of carbonyl (C=O) groups excluding carboxylic acids is 2. The molecule has 2 aromatic rings. The summed E-state index contributed by atoms with van der Waals surface area (Å²) in [6, 6.07) is 4.89. The summed E-state index contributed by atoms with van der Waals surface area (Å²) in [6.45, 7) is 6.08. The Morgan fingerprint density at radius 2 is 2.07 bits per heavy atom. The summed E-state index contributed by atoms with van der Waals surface area (Å²) >= 11 is -0.385. The normalized spacial score (nSPS) is 15.5. The van der Waals surface area contributed by atoms with Gasteiger partial charge in [0.05, 0.1) is 0 Å². The maximum atomic E-state index is 14.3. The fourth-order valence-corrected chi connectivity index (χ4v) is 8.16. The van der Waals surface area contributed by atoms with Crippen LogP contribution in [0.5, 0.6) is 0 Å². The third kappa shape index (κ3) is 4.67. The first-order valence-corrected chi connectivity index (χ1v) is 13.6. The van der Waals surface area contributed by atoms with E-state index in [2.05, 4.69) is 14.2 Å². The Morgan fingerprint density at radius 3 is 2.70 bits per heavy atom. The monoisotopic (exact) mass is 503 g/mol. The molecule has 0 bridgehead atoms. The molecule has 0 spiro atoms. The van der Waals surface area contributed by atoms with Gasteiger partial charge in [-0.3, -0.25) is 0 Å². The Bertz CT molecular complexity index is 878. The van der Waals surface area contributed by atoms with Crippen LogP contribution in [0.1, 0.15) is 44.5 Å². The standard InChI is InChI=1S/C19H23FIN3O2S/c1-11-5-6-15(14(20)9-11)23-19-16(12(2)17(27-19)13(3)25)18(26)24-21-7-4-8-22-10-21/h5-6,9,22-23H,4,7-8,10H2,1-3H3,(H,24,26). The van der Waals surface area contributed by atoms with Gasteiger partial charge in [-0.1, -0.05) is 0 Å². The van der Waals surface area contributed by atoms with E-state index in [-0.39, 0.29) is 17.5 Å². The van der Waals surface area contributed by atoms with E-state index >= 15 is 0 Å². The van der Waals surface area contributed by atoms with Gasteiger partial charge in [0.2, 0.25) is 0 Å². The van der Waals surface area contributed by atoms with Gasteiger partial charge in [0, 0.05) is 0 Å². The number of amides is 1. The van der Waals surface area contributed by atoms with Crippen molar-refractivity contribution in [3.63, 3.8) is 0 Å². The van der Waals surface area contributed by atoms with Crippen molar-refractivity contribution in [2.75, 3.05) is 20.8 Å². The molecule has 1 fully saturated rings. The van der Waals surface area contributed by atoms with Crippen LogP contribution in [0.3, 0.4) is 0 Å². The number of thiophene rings is 1. The Labute approximate surface area is 169 Å². The summed E-state index contributed by atoms with van der Waals surface area (Å²) in [7, 11) is 0. The first kappa shape index (κ1) is 20.2. The molecule has 2 heterocycles. The first-order valence-electron chi connectivity index (χ1n) is 8.67. The molecule has 0 atom stereocenters. The summed E-state index contributed by atoms with van der Waals surface area (Å²) in [4.78, 5) is 25.5. The van der Waals surface area contributed by atoms with Gasteiger partial charge in [0.15, 0.2) is 0 Å². The number of rotatable bonds is 5. The maximum absolute atomic E-state index is 14.3. The Hall–Kier alpha value is -1.52. The number of benzene rings is 1. The average molecular weight is 503 g/mol. The molecule has 1 aromatic heterocycles. The molecular formula is C19H23FIN3O2S. The van der Waals surface area contributed by atoms with Gasteiger partial charge in [0.1, 0.15) is 0 Å². The number of hydrogen-bond donors (Lipinski definition) is 3. The summed E-state index contributed by atoms with van der Waals surface area (Å²) in [5, 5.41) is 6.88. The minimum absolute atomic E-state index is 0.0953. The second-order valence-corrected chi connectivity index (χ2v) is 12.5. The molecule has 1 aliphatic rings. The number of aryl methyl sites for hydroxylation is 1. The van der Waals surface area contributed by atoms with Crippen LogP contribution in [-0.2, 0) is 0 Å². The quantitative estimate of drug-likeness (QED) is 0.184. The fraction of sp³-hybridized carbons (Fsp3) is 0.368. The van der Waals surface area contributed by atoms with Crippen molar-refractivity contribution in [2.45, 2.75) is 27.2 Å². The molecule has 3 N–H and O–H groups in total. The zero-order valence-corrected chi connectivity index (χ0v) is 18.5. The molecule has 0 saturated carbocycles. The van der Waals surface area contributed by atoms with Gasteiger partial charge in [-0.05, 0) is 0 Å². The van der Waals surface area contributed by atoms with Crippen molar-refractivity contribution in [3.8, 4) is 0 Å². The molecule has 8 heteroatoms. The molecule has 1 aromatic carbocycles. The SMILES string of the molecule is CC(=O)c1sc(Nc2ccc(C)cc2F)c(C(=O)NI2CCCNC2)c1C. The van der Waals surface area contributed by atoms with Crippen molar-refractivity contribution in [3.05, 3.63) is 45.6 Å². The molecule has 27 heavy (non-hydrogen) atoms. The van der Waals surface area contributed by atoms with Gasteiger partial charge >= 0.3 is 170 Å². The van der Waals surface area contributed by atoms with Crippen molar-refractivity contribution >= 4 is 53.8 Å². The molecule has 1 amide bonds. The van der Waals surface area contributed by atoms with E-state index in [1.807, 2.05) is 6.92 Å². The van der Waals surface area contributed by atoms with Crippen molar-refractivity contribution in [1.29, 1.82) is 0 Å². The van der Waals surface area contributed by atoms with Crippen molar-refractivity contribution in [1.82, 2.24) is 8.85 Å². The fourth-order valence-electron chi connectivity index (χ4n) is 2.90. The van der Waals surface area contributed by atoms with Crippen LogP contribution in [-0.4, -0.2) is 27.2 Å². The molecule has 3 rings (SSSR count). The van der Waals surface area contributed by atoms with E-state index in [4.69, 9.17) is 0 Å². The van der Waals surface area contributed by atoms with Crippen LogP contribution in [0.15, 0.2) is 18.2 Å². The number of carbonyl (C=O) groups is 2. The van der Waals surface area contributed by atoms with Crippen LogP contribution in [0.2, 0.25) is 0 Å². The number of hydrogen-bond acceptors (Lipinski definition) is 5. The number of halogens is 2. The predicted molar refractivity (Wildman–Crippen MR) is 117 cm³/mol. The molecule has 0 aliphatic carbocycles. The molecule has 146 valence electrons. The van der Waals surface area contributed by atoms with Crippen molar-refractivity contribution in [2.24, 2.45) is 0 Å². The van der Waals surface area contributed by atoms with Gasteiger partial charge in [-0.2, -0.15) is 0 Å². The molecule has 0 radical (unpaired) electrons. The number of anilines is 2. The average Bonchev–Trinajstić information content (AvgIpc) is 2.95. The van der Waals surface area contributed by atoms with Crippen LogP contribution in [0.4, 0.5) is 15.1 Å². The third-order valence-electron chi connectivity index (χ3n) is 4.26. The topological polar surface area (TPSA) is 70.2 Å². The summed E-state index contributed by atoms with van der Waals surface area (Å²) in [6.07, 6.45) is 1.08. The minimum atomic E-state index is -1.59. The molecular weight excluding hydrogens is 480 g/mol. The zero-order chi connectivity index (χ0) is 19.6. The van der Waals surface area contributed by atoms with E-state index in [1.54, 1.807) is 19.1 Å². The van der Waals surface area contributed by atoms with Gasteiger partial charge in [-0.15, -0.1) is 0 Å². The van der Waals surface area contributed by atoms with E-state index in [1.165, 1.54) is 24.3 Å². The Morgan fingerprint density at radius 1 is 1.30 bits per heavy atom. The molecule has 1 aliphatic heterocycles. The first-order chi connectivity index (χ1) is 12.9. The molecule has 0 unspecified atom stereocenters. The number of alkyl halides is 2. The summed E-state index contributed by atoms with van der Waals surface area (Å²) in [5.74, 6) is -0.647. The van der Waals surface area contributed by atoms with Crippen LogP contribution >= 0.6 is 31.4 Å². The Balaban J connectivity index is 1.93. The second kappa shape index (κ2) is 8.66. The van der Waals surface area contributed by atoms with E-state index < -0.39 is 20.1 Å². The summed E-state index contributed by atoms with van der Waals surface area (Å²) in [5.41, 5.74) is 2.22. The van der Waals surface area contributed by atoms with E-state index in [0.717, 1.165) is 27.5 Å². The predicted octanol–water partition coefficient (Wildman–Crippen LogP) is 4.55. The summed E-state index contributed by atoms with van der Waals surface area (Å²) < 4.78 is 19.4. The van der Waals surface area contributed by atoms with Crippen LogP contribution < -0.4 is 14.2 Å². The van der Waals surface area contributed by atoms with Crippen molar-refractivity contribution < 1.29 is 14.0 Å². The second-order valence-electron chi connectivity index (χ2n) is 6.48. The van der Waals surface area contributed by atoms with Gasteiger partial charge in [-0.25, -0.2) is 0 Å². The number of Topliss-reactive ketones (excluding diaryl/α,β-unsaturated/α-hetero) is 1. The van der Waals surface area contributed by atoms with E-state index in [9.17, 15) is 14.0 Å². The third-order valence-corrected chi connectivity index (χ3v) is 10.3. The Kier molecular flexibility index (Phi) is 6.48. The van der Waals surface area contributed by atoms with Crippen LogP contribution in [0.25, 0.3) is 0 Å². The zero-order valence-electron chi connectivity index (χ0n) is 15.5. The molecule has 1 saturated heterocycles. The van der Waals surface area contributed by atoms with E-state index in [0.29, 0.717) is 26.7 Å². The number of nitrogens with one attached hydrogen (secondary N) is 3. The van der Waals surface area contributed by atoms with Gasteiger partial charge < -0.3 is 0 Å². The van der Waals surface area contributed by atoms with Gasteiger partial charge in [0.25, 0.3) is 0 Å². The molecule has 5 nitrogen and oxygen atoms in total.